The molecule has 0 radical (unpaired) electrons. The zero-order valence-electron chi connectivity index (χ0n) is 20.5. The summed E-state index contributed by atoms with van der Waals surface area (Å²) in [7, 11) is -2.51. The summed E-state index contributed by atoms with van der Waals surface area (Å²) in [5, 5.41) is 2.84. The predicted octanol–water partition coefficient (Wildman–Crippen LogP) is 5.56. The molecule has 12 heteroatoms. The molecule has 0 unspecified atom stereocenters. The SMILES string of the molecule is CNC(=O)[C@H](Cc1ccccc1)N(Cc1cccc(Br)c1)C(=O)CN(c1cc(Cl)c(Cl)cc1Cl)S(C)(=O)=O. The van der Waals surface area contributed by atoms with Crippen molar-refractivity contribution in [3.05, 3.63) is 97.4 Å². The van der Waals surface area contributed by atoms with Crippen molar-refractivity contribution in [1.29, 1.82) is 0 Å². The first-order valence-corrected chi connectivity index (χ1v) is 15.1. The van der Waals surface area contributed by atoms with Crippen LogP contribution in [-0.4, -0.2) is 51.0 Å². The summed E-state index contributed by atoms with van der Waals surface area (Å²) < 4.78 is 27.3. The van der Waals surface area contributed by atoms with Crippen molar-refractivity contribution in [3.63, 3.8) is 0 Å². The minimum absolute atomic E-state index is 0.00104. The molecule has 0 aliphatic rings. The van der Waals surface area contributed by atoms with Crippen molar-refractivity contribution in [3.8, 4) is 0 Å². The van der Waals surface area contributed by atoms with Gasteiger partial charge in [0.2, 0.25) is 21.8 Å². The molecule has 0 spiro atoms. The second-order valence-corrected chi connectivity index (χ2v) is 12.5. The van der Waals surface area contributed by atoms with Gasteiger partial charge >= 0.3 is 0 Å². The summed E-state index contributed by atoms with van der Waals surface area (Å²) in [5.41, 5.74) is 1.58. The fourth-order valence-corrected chi connectivity index (χ4v) is 5.84. The Kier molecular flexibility index (Phi) is 10.5. The summed E-state index contributed by atoms with van der Waals surface area (Å²) in [4.78, 5) is 28.4. The number of nitrogens with zero attached hydrogens (tertiary/aromatic N) is 2. The van der Waals surface area contributed by atoms with Gasteiger partial charge in [-0.25, -0.2) is 8.42 Å². The van der Waals surface area contributed by atoms with Crippen molar-refractivity contribution in [2.75, 3.05) is 24.2 Å². The summed E-state index contributed by atoms with van der Waals surface area (Å²) in [5.74, 6) is -1.00. The Balaban J connectivity index is 2.07. The van der Waals surface area contributed by atoms with E-state index >= 15 is 0 Å². The lowest BCUT2D eigenvalue weighted by atomic mass is 10.0. The van der Waals surface area contributed by atoms with Gasteiger partial charge in [-0.3, -0.25) is 13.9 Å². The van der Waals surface area contributed by atoms with Crippen LogP contribution in [0.25, 0.3) is 0 Å². The van der Waals surface area contributed by atoms with Crippen LogP contribution in [0.1, 0.15) is 11.1 Å². The van der Waals surface area contributed by atoms with Crippen LogP contribution in [0.15, 0.2) is 71.2 Å². The highest BCUT2D eigenvalue weighted by atomic mass is 79.9. The molecule has 0 aromatic heterocycles. The second-order valence-electron chi connectivity index (χ2n) is 8.46. The quantitative estimate of drug-likeness (QED) is 0.289. The lowest BCUT2D eigenvalue weighted by Crippen LogP contribution is -2.52. The van der Waals surface area contributed by atoms with Gasteiger partial charge in [0.05, 0.1) is 27.0 Å². The van der Waals surface area contributed by atoms with E-state index in [1.54, 1.807) is 0 Å². The minimum atomic E-state index is -4.00. The average Bonchev–Trinajstić information content (AvgIpc) is 2.86. The number of anilines is 1. The third-order valence-corrected chi connectivity index (χ3v) is 8.34. The van der Waals surface area contributed by atoms with E-state index in [9.17, 15) is 18.0 Å². The van der Waals surface area contributed by atoms with Crippen LogP contribution in [0.5, 0.6) is 0 Å². The maximum atomic E-state index is 13.9. The highest BCUT2D eigenvalue weighted by molar-refractivity contribution is 9.10. The number of likely N-dealkylation sites (N-methyl/N-ethyl adjacent to an activating group) is 1. The van der Waals surface area contributed by atoms with Gasteiger partial charge in [-0.2, -0.15) is 0 Å². The van der Waals surface area contributed by atoms with Gasteiger partial charge in [-0.1, -0.05) is 93.2 Å². The molecule has 0 saturated heterocycles. The number of benzene rings is 3. The summed E-state index contributed by atoms with van der Waals surface area (Å²) in [6.45, 7) is -0.567. The number of carbonyl (C=O) groups excluding carboxylic acids is 2. The molecule has 1 atom stereocenters. The average molecular weight is 662 g/mol. The topological polar surface area (TPSA) is 86.8 Å². The van der Waals surface area contributed by atoms with Crippen molar-refractivity contribution in [1.82, 2.24) is 10.2 Å². The molecule has 0 heterocycles. The minimum Gasteiger partial charge on any atom is -0.357 e. The van der Waals surface area contributed by atoms with Gasteiger partial charge in [0, 0.05) is 24.5 Å². The number of hydrogen-bond donors (Lipinski definition) is 1. The molecule has 2 amide bonds. The largest absolute Gasteiger partial charge is 0.357 e. The van der Waals surface area contributed by atoms with Gasteiger partial charge in [0.25, 0.3) is 0 Å². The molecule has 0 fully saturated rings. The molecule has 1 N–H and O–H groups in total. The highest BCUT2D eigenvalue weighted by Gasteiger charge is 2.33. The Morgan fingerprint density at radius 3 is 2.16 bits per heavy atom. The smallest absolute Gasteiger partial charge is 0.244 e. The molecule has 0 aliphatic heterocycles. The number of amides is 2. The van der Waals surface area contributed by atoms with Gasteiger partial charge in [-0.15, -0.1) is 0 Å². The van der Waals surface area contributed by atoms with E-state index in [4.69, 9.17) is 34.8 Å². The van der Waals surface area contributed by atoms with Crippen molar-refractivity contribution in [2.24, 2.45) is 0 Å². The Morgan fingerprint density at radius 2 is 1.55 bits per heavy atom. The first-order chi connectivity index (χ1) is 17.9. The molecule has 3 aromatic carbocycles. The lowest BCUT2D eigenvalue weighted by Gasteiger charge is -2.33. The summed E-state index contributed by atoms with van der Waals surface area (Å²) in [6, 6.07) is 18.2. The number of sulfonamides is 1. The monoisotopic (exact) mass is 659 g/mol. The molecular weight excluding hydrogens is 637 g/mol. The van der Waals surface area contributed by atoms with Crippen LogP contribution < -0.4 is 9.62 Å². The molecular formula is C26H25BrCl3N3O4S. The molecule has 3 aromatic rings. The van der Waals surface area contributed by atoms with Crippen molar-refractivity contribution in [2.45, 2.75) is 19.0 Å². The predicted molar refractivity (Wildman–Crippen MR) is 156 cm³/mol. The Labute approximate surface area is 245 Å². The van der Waals surface area contributed by atoms with E-state index in [0.29, 0.717) is 0 Å². The molecule has 38 heavy (non-hydrogen) atoms. The van der Waals surface area contributed by atoms with Gasteiger partial charge in [0.1, 0.15) is 12.6 Å². The van der Waals surface area contributed by atoms with Crippen molar-refractivity contribution >= 4 is 78.3 Å². The van der Waals surface area contributed by atoms with Crippen molar-refractivity contribution < 1.29 is 18.0 Å². The number of halogens is 4. The fourth-order valence-electron chi connectivity index (χ4n) is 3.85. The summed E-state index contributed by atoms with van der Waals surface area (Å²) >= 11 is 21.9. The van der Waals surface area contributed by atoms with Gasteiger partial charge < -0.3 is 10.2 Å². The van der Waals surface area contributed by atoms with E-state index < -0.39 is 34.4 Å². The summed E-state index contributed by atoms with van der Waals surface area (Å²) in [6.07, 6.45) is 1.17. The molecule has 0 saturated carbocycles. The number of rotatable bonds is 10. The maximum absolute atomic E-state index is 13.9. The lowest BCUT2D eigenvalue weighted by molar-refractivity contribution is -0.139. The molecule has 0 bridgehead atoms. The van der Waals surface area contributed by atoms with Crippen LogP contribution in [-0.2, 0) is 32.6 Å². The third-order valence-electron chi connectivity index (χ3n) is 5.70. The van der Waals surface area contributed by atoms with E-state index in [0.717, 1.165) is 26.2 Å². The van der Waals surface area contributed by atoms with E-state index in [2.05, 4.69) is 21.2 Å². The highest BCUT2D eigenvalue weighted by Crippen LogP contribution is 2.35. The van der Waals surface area contributed by atoms with Crippen LogP contribution in [0.3, 0.4) is 0 Å². The van der Waals surface area contributed by atoms with E-state index in [-0.39, 0.29) is 33.7 Å². The Morgan fingerprint density at radius 1 is 0.921 bits per heavy atom. The first-order valence-electron chi connectivity index (χ1n) is 11.3. The second kappa shape index (κ2) is 13.2. The van der Waals surface area contributed by atoms with Gasteiger partial charge in [0.15, 0.2) is 0 Å². The van der Waals surface area contributed by atoms with Crippen LogP contribution in [0, 0.1) is 0 Å². The van der Waals surface area contributed by atoms with E-state index in [1.807, 2.05) is 54.6 Å². The molecule has 7 nitrogen and oxygen atoms in total. The third kappa shape index (κ3) is 7.86. The number of hydrogen-bond acceptors (Lipinski definition) is 4. The Bertz CT molecular complexity index is 1420. The fraction of sp³-hybridized carbons (Fsp3) is 0.231. The van der Waals surface area contributed by atoms with Gasteiger partial charge in [-0.05, 0) is 35.4 Å². The normalized spacial score (nSPS) is 12.1. The first kappa shape index (κ1) is 30.2. The standard InChI is InChI=1S/C26H25BrCl3N3O4S/c1-31-26(35)24(12-17-7-4-3-5-8-17)32(15-18-9-6-10-19(27)11-18)25(34)16-33(38(2,36)37)23-14-21(29)20(28)13-22(23)30/h3-11,13-14,24H,12,15-16H2,1-2H3,(H,31,35)/t24-/m0/s1. The maximum Gasteiger partial charge on any atom is 0.244 e. The zero-order chi connectivity index (χ0) is 28.0. The molecule has 202 valence electrons. The molecule has 3 rings (SSSR count). The number of nitrogens with one attached hydrogen (secondary N) is 1. The van der Waals surface area contributed by atoms with Crippen LogP contribution in [0.2, 0.25) is 15.1 Å². The Hall–Kier alpha value is -2.30. The zero-order valence-corrected chi connectivity index (χ0v) is 25.2. The van der Waals surface area contributed by atoms with Crippen LogP contribution >= 0.6 is 50.7 Å². The number of carbonyl (C=O) groups is 2. The van der Waals surface area contributed by atoms with E-state index in [1.165, 1.54) is 24.1 Å². The van der Waals surface area contributed by atoms with Crippen LogP contribution in [0.4, 0.5) is 5.69 Å². The molecule has 0 aliphatic carbocycles.